The molecule has 1 saturated carbocycles. The molecule has 0 radical (unpaired) electrons. The van der Waals surface area contributed by atoms with Crippen LogP contribution in [0.4, 0.5) is 26.7 Å². The molecule has 17 nitrogen and oxygen atoms in total. The Hall–Kier alpha value is -6.82. The summed E-state index contributed by atoms with van der Waals surface area (Å²) in [4.78, 5) is 98.2. The Morgan fingerprint density at radius 1 is 0.773 bits per heavy atom. The summed E-state index contributed by atoms with van der Waals surface area (Å²) in [5.41, 5.74) is 1.94. The van der Waals surface area contributed by atoms with Gasteiger partial charge in [0.15, 0.2) is 0 Å². The smallest absolute Gasteiger partial charge is 0.412 e. The van der Waals surface area contributed by atoms with Crippen LogP contribution in [-0.2, 0) is 19.1 Å². The molecule has 1 aliphatic heterocycles. The number of aromatic nitrogens is 1. The normalized spacial score (nSPS) is 15.5. The number of anilines is 3. The van der Waals surface area contributed by atoms with Crippen molar-refractivity contribution in [1.82, 2.24) is 20.1 Å². The Labute approximate surface area is 444 Å². The molecule has 2 heterocycles. The van der Waals surface area contributed by atoms with Gasteiger partial charge in [-0.3, -0.25) is 34.2 Å². The molecular formula is C57H75N7O10S. The Bertz CT molecular complexity index is 2570. The van der Waals surface area contributed by atoms with Crippen molar-refractivity contribution in [2.75, 3.05) is 36.1 Å². The molecule has 3 atom stereocenters. The lowest BCUT2D eigenvalue weighted by atomic mass is 9.83. The van der Waals surface area contributed by atoms with Gasteiger partial charge in [0.1, 0.15) is 34.1 Å². The van der Waals surface area contributed by atoms with Crippen molar-refractivity contribution in [2.24, 2.45) is 5.92 Å². The molecule has 6 amide bonds. The minimum Gasteiger partial charge on any atom is -0.494 e. The first-order valence-electron chi connectivity index (χ1n) is 26.6. The van der Waals surface area contributed by atoms with Gasteiger partial charge in [0, 0.05) is 42.2 Å². The first-order chi connectivity index (χ1) is 36.0. The second kappa shape index (κ2) is 28.2. The van der Waals surface area contributed by atoms with Crippen LogP contribution in [0.1, 0.15) is 174 Å². The van der Waals surface area contributed by atoms with Crippen LogP contribution in [0.3, 0.4) is 0 Å². The summed E-state index contributed by atoms with van der Waals surface area (Å²) in [5, 5.41) is 23.2. The van der Waals surface area contributed by atoms with Gasteiger partial charge in [0.25, 0.3) is 5.91 Å². The van der Waals surface area contributed by atoms with Gasteiger partial charge >= 0.3 is 12.2 Å². The van der Waals surface area contributed by atoms with E-state index in [1.807, 2.05) is 6.07 Å². The predicted molar refractivity (Wildman–Crippen MR) is 290 cm³/mol. The molecule has 1 saturated heterocycles. The van der Waals surface area contributed by atoms with Gasteiger partial charge in [0.2, 0.25) is 23.5 Å². The van der Waals surface area contributed by atoms with Crippen molar-refractivity contribution in [3.63, 3.8) is 0 Å². The summed E-state index contributed by atoms with van der Waals surface area (Å²) >= 11 is 1.35. The van der Waals surface area contributed by atoms with E-state index in [0.717, 1.165) is 101 Å². The number of likely N-dealkylation sites (N-methyl/N-ethyl adjacent to an activating group) is 1. The molecule has 2 fully saturated rings. The second-order valence-electron chi connectivity index (χ2n) is 20.6. The van der Waals surface area contributed by atoms with Crippen LogP contribution in [0, 0.1) is 5.92 Å². The molecule has 1 aliphatic carbocycles. The zero-order valence-electron chi connectivity index (χ0n) is 44.1. The number of carboxylic acid groups (broad SMARTS) is 1. The van der Waals surface area contributed by atoms with Gasteiger partial charge in [-0.05, 0) is 121 Å². The molecule has 0 spiro atoms. The van der Waals surface area contributed by atoms with Crippen molar-refractivity contribution in [3.8, 4) is 5.75 Å². The molecule has 404 valence electrons. The minimum atomic E-state index is -1.22. The van der Waals surface area contributed by atoms with E-state index < -0.39 is 35.8 Å². The Balaban J connectivity index is 0.840. The number of carbonyl (C=O) groups excluding carboxylic acids is 6. The zero-order valence-corrected chi connectivity index (χ0v) is 44.9. The van der Waals surface area contributed by atoms with E-state index >= 15 is 0 Å². The van der Waals surface area contributed by atoms with Gasteiger partial charge in [-0.15, -0.1) is 11.3 Å². The fraction of sp³-hybridized carbons (Fsp3) is 0.509. The topological polar surface area (TPSA) is 226 Å². The van der Waals surface area contributed by atoms with Gasteiger partial charge in [-0.2, -0.15) is 0 Å². The number of hydrogen-bond donors (Lipinski definition) is 5. The highest BCUT2D eigenvalue weighted by molar-refractivity contribution is 7.10. The Morgan fingerprint density at radius 2 is 1.43 bits per heavy atom. The third kappa shape index (κ3) is 17.6. The van der Waals surface area contributed by atoms with Crippen molar-refractivity contribution in [3.05, 3.63) is 100 Å². The SMILES string of the molecule is C[C@@H](C(=O)N[C@H](C(=O)N1CCC[C@H]1c1nc(C(=O)c2cccc(OCCCCCCCCCCCC(=O)Nc3ccc(C(=O)Nc4ccccc4NC(=O)OC(C)(C)C)cc3)c2)cs1)C1CCCCC1)N(C)C(=O)O. The quantitative estimate of drug-likeness (QED) is 0.0310. The molecule has 3 aromatic carbocycles. The summed E-state index contributed by atoms with van der Waals surface area (Å²) in [6.07, 6.45) is 13.8. The minimum absolute atomic E-state index is 0.0485. The number of hydrogen-bond acceptors (Lipinski definition) is 11. The lowest BCUT2D eigenvalue weighted by Gasteiger charge is -2.35. The monoisotopic (exact) mass is 1050 g/mol. The maximum atomic E-state index is 14.3. The standard InChI is InChI=1S/C57H75N7O10S/c1-38(63(5)56(71)72)51(67)62-49(39-22-14-13-15-23-39)54(69)64-34-21-28-47(64)53-60-46(37-75-53)50(66)41-24-20-25-43(36-41)73-35-19-12-10-8-6-7-9-11-16-29-48(65)58-42-32-30-40(31-33-42)52(68)59-44-26-17-18-27-45(44)61-55(70)74-57(2,3)4/h17-18,20,24-27,30-33,36-39,47,49H,6-16,19,21-23,28-29,34-35H2,1-5H3,(H,58,65)(H,59,68)(H,61,70)(H,62,67)(H,71,72)/t38-,47-,49-/m0/s1. The van der Waals surface area contributed by atoms with Gasteiger partial charge in [-0.1, -0.05) is 88.5 Å². The number of para-hydroxylation sites is 2. The number of benzene rings is 3. The molecule has 0 unspecified atom stereocenters. The van der Waals surface area contributed by atoms with Crippen molar-refractivity contribution >= 4 is 70.0 Å². The van der Waals surface area contributed by atoms with Gasteiger partial charge < -0.3 is 35.4 Å². The highest BCUT2D eigenvalue weighted by Crippen LogP contribution is 2.37. The van der Waals surface area contributed by atoms with Gasteiger partial charge in [0.05, 0.1) is 24.0 Å². The number of carbonyl (C=O) groups is 7. The Morgan fingerprint density at radius 3 is 2.09 bits per heavy atom. The van der Waals surface area contributed by atoms with E-state index in [4.69, 9.17) is 14.5 Å². The van der Waals surface area contributed by atoms with Crippen LogP contribution < -0.4 is 26.0 Å². The third-order valence-corrected chi connectivity index (χ3v) is 14.6. The van der Waals surface area contributed by atoms with Crippen LogP contribution in [0.2, 0.25) is 0 Å². The highest BCUT2D eigenvalue weighted by atomic mass is 32.1. The maximum Gasteiger partial charge on any atom is 0.412 e. The number of rotatable bonds is 25. The number of ether oxygens (including phenoxy) is 2. The molecular weight excluding hydrogens is 975 g/mol. The van der Waals surface area contributed by atoms with E-state index in [0.29, 0.717) is 70.6 Å². The average Bonchev–Trinajstić information content (AvgIpc) is 4.09. The molecule has 5 N–H and O–H groups in total. The van der Waals surface area contributed by atoms with Crippen molar-refractivity contribution < 1.29 is 48.1 Å². The molecule has 4 aromatic rings. The number of unbranched alkanes of at least 4 members (excludes halogenated alkanes) is 8. The van der Waals surface area contributed by atoms with Crippen LogP contribution in [0.5, 0.6) is 5.75 Å². The fourth-order valence-electron chi connectivity index (χ4n) is 9.40. The molecule has 75 heavy (non-hydrogen) atoms. The number of amides is 6. The fourth-order valence-corrected chi connectivity index (χ4v) is 10.3. The average molecular weight is 1050 g/mol. The lowest BCUT2D eigenvalue weighted by Crippen LogP contribution is -2.56. The zero-order chi connectivity index (χ0) is 53.9. The number of nitrogens with zero attached hydrogens (tertiary/aromatic N) is 3. The summed E-state index contributed by atoms with van der Waals surface area (Å²) in [6, 6.07) is 18.6. The van der Waals surface area contributed by atoms with E-state index in [-0.39, 0.29) is 35.5 Å². The highest BCUT2D eigenvalue weighted by Gasteiger charge is 2.41. The molecule has 0 bridgehead atoms. The van der Waals surface area contributed by atoms with E-state index in [9.17, 15) is 38.7 Å². The summed E-state index contributed by atoms with van der Waals surface area (Å²) in [5.74, 6) is -0.784. The van der Waals surface area contributed by atoms with Crippen LogP contribution in [-0.4, -0.2) is 99.4 Å². The largest absolute Gasteiger partial charge is 0.494 e. The molecule has 6 rings (SSSR count). The van der Waals surface area contributed by atoms with Crippen LogP contribution in [0.25, 0.3) is 0 Å². The number of likely N-dealkylation sites (tertiary alicyclic amines) is 1. The Kier molecular flexibility index (Phi) is 21.6. The van der Waals surface area contributed by atoms with E-state index in [2.05, 4.69) is 21.3 Å². The molecule has 2 aliphatic rings. The summed E-state index contributed by atoms with van der Waals surface area (Å²) in [6.45, 7) is 7.86. The summed E-state index contributed by atoms with van der Waals surface area (Å²) in [7, 11) is 1.34. The van der Waals surface area contributed by atoms with Crippen molar-refractivity contribution in [1.29, 1.82) is 0 Å². The lowest BCUT2D eigenvalue weighted by molar-refractivity contribution is -0.140. The third-order valence-electron chi connectivity index (χ3n) is 13.7. The van der Waals surface area contributed by atoms with Crippen molar-refractivity contribution in [2.45, 2.75) is 161 Å². The van der Waals surface area contributed by atoms with E-state index in [1.54, 1.807) is 97.8 Å². The molecule has 18 heteroatoms. The molecule has 1 aromatic heterocycles. The number of nitrogens with one attached hydrogen (secondary N) is 4. The summed E-state index contributed by atoms with van der Waals surface area (Å²) < 4.78 is 11.4. The number of ketones is 1. The first-order valence-corrected chi connectivity index (χ1v) is 27.4. The van der Waals surface area contributed by atoms with Crippen LogP contribution >= 0.6 is 11.3 Å². The first kappa shape index (κ1) is 57.5. The van der Waals surface area contributed by atoms with Gasteiger partial charge in [-0.25, -0.2) is 14.6 Å². The second-order valence-corrected chi connectivity index (χ2v) is 21.5. The van der Waals surface area contributed by atoms with Crippen LogP contribution in [0.15, 0.2) is 78.2 Å². The maximum absolute atomic E-state index is 14.3. The predicted octanol–water partition coefficient (Wildman–Crippen LogP) is 11.6. The number of thiazole rings is 1. The van der Waals surface area contributed by atoms with E-state index in [1.165, 1.54) is 25.3 Å².